The van der Waals surface area contributed by atoms with Gasteiger partial charge in [0.2, 0.25) is 5.91 Å². The number of carbonyl (C=O) groups excluding carboxylic acids is 2. The molecule has 1 aliphatic heterocycles. The summed E-state index contributed by atoms with van der Waals surface area (Å²) in [5, 5.41) is 54.0. The highest BCUT2D eigenvalue weighted by molar-refractivity contribution is 5.99. The van der Waals surface area contributed by atoms with Crippen molar-refractivity contribution < 1.29 is 54.3 Å². The van der Waals surface area contributed by atoms with Crippen LogP contribution in [0.3, 0.4) is 0 Å². The van der Waals surface area contributed by atoms with Crippen molar-refractivity contribution in [2.75, 3.05) is 89.7 Å². The molecule has 20 heteroatoms. The van der Waals surface area contributed by atoms with Crippen LogP contribution in [0.5, 0.6) is 5.75 Å². The van der Waals surface area contributed by atoms with E-state index < -0.39 is 41.5 Å². The van der Waals surface area contributed by atoms with Gasteiger partial charge in [0, 0.05) is 82.6 Å². The van der Waals surface area contributed by atoms with Gasteiger partial charge in [-0.2, -0.15) is 0 Å². The normalized spacial score (nSPS) is 15.9. The Morgan fingerprint density at radius 1 is 0.754 bits per heavy atom. The smallest absolute Gasteiger partial charge is 0.317 e. The number of carboxylic acids is 4. The second kappa shape index (κ2) is 21.4. The number of fused-ring (bicyclic) bond motifs is 1. The Balaban J connectivity index is 1.29. The third-order valence-corrected chi connectivity index (χ3v) is 9.36. The van der Waals surface area contributed by atoms with Crippen molar-refractivity contribution in [1.29, 1.82) is 0 Å². The van der Waals surface area contributed by atoms with Gasteiger partial charge < -0.3 is 41.9 Å². The van der Waals surface area contributed by atoms with Crippen LogP contribution in [0.4, 0.5) is 11.4 Å². The van der Waals surface area contributed by atoms with Crippen LogP contribution in [-0.4, -0.2) is 169 Å². The number of carbonyl (C=O) groups is 6. The maximum atomic E-state index is 13.1. The van der Waals surface area contributed by atoms with Crippen molar-refractivity contribution in [2.24, 2.45) is 5.92 Å². The lowest BCUT2D eigenvalue weighted by molar-refractivity contribution is -0.147. The Bertz CT molecular complexity index is 1860. The van der Waals surface area contributed by atoms with Crippen molar-refractivity contribution in [1.82, 2.24) is 34.9 Å². The summed E-state index contributed by atoms with van der Waals surface area (Å²) in [6.45, 7) is 1.53. The van der Waals surface area contributed by atoms with E-state index in [4.69, 9.17) is 5.73 Å². The molecule has 0 saturated carbocycles. The number of Topliss-reactive ketones (excluding diaryl/α,β-unsaturated/α-hetero) is 1. The second-order valence-corrected chi connectivity index (χ2v) is 13.8. The maximum Gasteiger partial charge on any atom is 0.317 e. The summed E-state index contributed by atoms with van der Waals surface area (Å²) in [7, 11) is 0. The maximum absolute atomic E-state index is 13.1. The molecular formula is C37H49N9O11. The summed E-state index contributed by atoms with van der Waals surface area (Å²) in [5.74, 6) is -7.08. The molecule has 1 saturated heterocycles. The molecule has 0 spiro atoms. The lowest BCUT2D eigenvalue weighted by Crippen LogP contribution is -2.50. The number of hydrogen-bond acceptors (Lipinski definition) is 15. The number of nitrogens with one attached hydrogen (secondary N) is 2. The molecule has 20 nitrogen and oxygen atoms in total. The molecule has 308 valence electrons. The van der Waals surface area contributed by atoms with E-state index in [9.17, 15) is 54.3 Å². The minimum absolute atomic E-state index is 0.00350. The van der Waals surface area contributed by atoms with Gasteiger partial charge in [0.1, 0.15) is 17.2 Å². The molecule has 0 radical (unpaired) electrons. The SMILES string of the molecule is Nc1cc(O)c2ncc(CNc3ccc(CC(=O)C(CCC(=O)NCN4CCN(CC(=O)O)CCN(CC(=O)O)CCN(CC(=O)O)CC4)C(=O)O)cc3)nc2c1. The Kier molecular flexibility index (Phi) is 16.4. The summed E-state index contributed by atoms with van der Waals surface area (Å²) in [5.41, 5.74) is 8.81. The molecule has 1 amide bonds. The minimum atomic E-state index is -1.43. The summed E-state index contributed by atoms with van der Waals surface area (Å²) in [6.07, 6.45) is 0.878. The molecule has 2 heterocycles. The molecule has 0 bridgehead atoms. The van der Waals surface area contributed by atoms with Crippen LogP contribution in [-0.2, 0) is 41.7 Å². The highest BCUT2D eigenvalue weighted by Crippen LogP contribution is 2.25. The number of phenols is 1. The molecule has 57 heavy (non-hydrogen) atoms. The average molecular weight is 796 g/mol. The Hall–Kier alpha value is -5.96. The third kappa shape index (κ3) is 14.9. The number of rotatable bonds is 18. The highest BCUT2D eigenvalue weighted by atomic mass is 16.4. The Labute approximate surface area is 327 Å². The number of carboxylic acid groups (broad SMARTS) is 4. The van der Waals surface area contributed by atoms with Crippen molar-refractivity contribution >= 4 is 58.0 Å². The topological polar surface area (TPSA) is 292 Å². The van der Waals surface area contributed by atoms with E-state index in [0.29, 0.717) is 40.2 Å². The number of aromatic nitrogens is 2. The van der Waals surface area contributed by atoms with Crippen LogP contribution >= 0.6 is 0 Å². The molecule has 1 aromatic heterocycles. The summed E-state index contributed by atoms with van der Waals surface area (Å²) in [4.78, 5) is 88.0. The first-order valence-corrected chi connectivity index (χ1v) is 18.3. The highest BCUT2D eigenvalue weighted by Gasteiger charge is 2.27. The third-order valence-electron chi connectivity index (χ3n) is 9.36. The lowest BCUT2D eigenvalue weighted by atomic mass is 9.93. The zero-order valence-corrected chi connectivity index (χ0v) is 31.4. The number of aliphatic carboxylic acids is 4. The van der Waals surface area contributed by atoms with Gasteiger partial charge in [-0.15, -0.1) is 0 Å². The fourth-order valence-electron chi connectivity index (χ4n) is 6.28. The summed E-state index contributed by atoms with van der Waals surface area (Å²) >= 11 is 0. The van der Waals surface area contributed by atoms with Crippen LogP contribution in [0, 0.1) is 5.92 Å². The van der Waals surface area contributed by atoms with Gasteiger partial charge in [-0.3, -0.25) is 48.4 Å². The number of anilines is 2. The first-order valence-electron chi connectivity index (χ1n) is 18.3. The number of nitrogen functional groups attached to an aromatic ring is 1. The first-order chi connectivity index (χ1) is 27.1. The van der Waals surface area contributed by atoms with Crippen LogP contribution in [0.15, 0.2) is 42.6 Å². The number of nitrogens with two attached hydrogens (primary N) is 1. The standard InChI is InChI=1S/C37H49N9O11/c38-25-16-29-36(31(48)17-25)40-19-27(42-29)18-39-26-3-1-24(2-4-26)15-30(47)28(37(56)57)5-6-32(49)41-23-46-13-11-44(21-34(52)53)9-7-43(20-33(50)51)8-10-45(12-14-46)22-35(54)55/h1-4,16-17,19,28,39,48H,5-15,18,20-23,38H2,(H,41,49)(H,50,51)(H,52,53)(H,54,55)(H,56,57). The molecule has 4 rings (SSSR count). The van der Waals surface area contributed by atoms with Crippen LogP contribution in [0.2, 0.25) is 0 Å². The van der Waals surface area contributed by atoms with E-state index >= 15 is 0 Å². The monoisotopic (exact) mass is 795 g/mol. The lowest BCUT2D eigenvalue weighted by Gasteiger charge is -2.33. The Morgan fingerprint density at radius 2 is 1.28 bits per heavy atom. The molecule has 1 aliphatic rings. The predicted molar refractivity (Wildman–Crippen MR) is 205 cm³/mol. The quantitative estimate of drug-likeness (QED) is 0.0604. The molecule has 1 atom stereocenters. The van der Waals surface area contributed by atoms with Gasteiger partial charge in [-0.1, -0.05) is 12.1 Å². The molecule has 3 aromatic rings. The fourth-order valence-corrected chi connectivity index (χ4v) is 6.28. The van der Waals surface area contributed by atoms with Gasteiger partial charge in [-0.25, -0.2) is 9.97 Å². The largest absolute Gasteiger partial charge is 0.506 e. The summed E-state index contributed by atoms with van der Waals surface area (Å²) < 4.78 is 0. The van der Waals surface area contributed by atoms with Gasteiger partial charge >= 0.3 is 23.9 Å². The van der Waals surface area contributed by atoms with Gasteiger partial charge in [0.15, 0.2) is 5.78 Å². The fraction of sp³-hybridized carbons (Fsp3) is 0.459. The number of ketones is 1. The summed E-state index contributed by atoms with van der Waals surface area (Å²) in [6, 6.07) is 9.85. The first kappa shape index (κ1) is 43.8. The van der Waals surface area contributed by atoms with Crippen LogP contribution in [0.1, 0.15) is 24.1 Å². The number of benzene rings is 2. The van der Waals surface area contributed by atoms with Crippen molar-refractivity contribution in [2.45, 2.75) is 25.8 Å². The molecule has 1 unspecified atom stereocenters. The van der Waals surface area contributed by atoms with Crippen molar-refractivity contribution in [3.05, 3.63) is 53.9 Å². The Morgan fingerprint density at radius 3 is 1.79 bits per heavy atom. The zero-order valence-electron chi connectivity index (χ0n) is 31.4. The van der Waals surface area contributed by atoms with Crippen LogP contribution < -0.4 is 16.4 Å². The van der Waals surface area contributed by atoms with Gasteiger partial charge in [-0.05, 0) is 30.2 Å². The molecule has 1 fully saturated rings. The van der Waals surface area contributed by atoms with E-state index in [1.165, 1.54) is 12.3 Å². The second-order valence-electron chi connectivity index (χ2n) is 13.8. The number of amides is 1. The van der Waals surface area contributed by atoms with Crippen molar-refractivity contribution in [3.8, 4) is 5.75 Å². The van der Waals surface area contributed by atoms with Gasteiger partial charge in [0.05, 0.1) is 50.3 Å². The number of phenolic OH excluding ortho intramolecular Hbond substituents is 1. The molecule has 2 aromatic carbocycles. The zero-order chi connectivity index (χ0) is 41.5. The average Bonchev–Trinajstić information content (AvgIpc) is 3.13. The molecular weight excluding hydrogens is 746 g/mol. The predicted octanol–water partition coefficient (Wildman–Crippen LogP) is -0.329. The van der Waals surface area contributed by atoms with E-state index in [-0.39, 0.29) is 104 Å². The number of hydrogen-bond donors (Lipinski definition) is 8. The molecule has 0 aliphatic carbocycles. The van der Waals surface area contributed by atoms with E-state index in [1.807, 2.05) is 4.90 Å². The van der Waals surface area contributed by atoms with E-state index in [0.717, 1.165) is 0 Å². The van der Waals surface area contributed by atoms with Crippen molar-refractivity contribution in [3.63, 3.8) is 0 Å². The van der Waals surface area contributed by atoms with E-state index in [2.05, 4.69) is 20.6 Å². The number of aromatic hydroxyl groups is 1. The van der Waals surface area contributed by atoms with E-state index in [1.54, 1.807) is 45.0 Å². The van der Waals surface area contributed by atoms with Gasteiger partial charge in [0.25, 0.3) is 0 Å². The molecule has 9 N–H and O–H groups in total. The minimum Gasteiger partial charge on any atom is -0.506 e. The van der Waals surface area contributed by atoms with Crippen LogP contribution in [0.25, 0.3) is 11.0 Å². The number of nitrogens with zero attached hydrogens (tertiary/aromatic N) is 6.